The van der Waals surface area contributed by atoms with Crippen LogP contribution in [0.1, 0.15) is 34.6 Å². The molecule has 0 rings (SSSR count). The topological polar surface area (TPSA) is 37.3 Å². The third-order valence-corrected chi connectivity index (χ3v) is 2.35. The Balaban J connectivity index is 4.36. The highest BCUT2D eigenvalue weighted by Crippen LogP contribution is 2.27. The fourth-order valence-electron chi connectivity index (χ4n) is 0.502. The van der Waals surface area contributed by atoms with E-state index in [4.69, 9.17) is 5.11 Å². The van der Waals surface area contributed by atoms with E-state index < -0.39 is 0 Å². The zero-order valence-electron chi connectivity index (χ0n) is 8.26. The number of rotatable bonds is 1. The molecule has 0 unspecified atom stereocenters. The van der Waals surface area contributed by atoms with Crippen LogP contribution in [-0.4, -0.2) is 15.0 Å². The van der Waals surface area contributed by atoms with E-state index >= 15 is 0 Å². The molecule has 1 N–H and O–H groups in total. The number of thioether (sulfide) groups is 1. The number of allylic oxidation sites excluding steroid dienone is 1. The second-order valence-electron chi connectivity index (χ2n) is 3.71. The van der Waals surface area contributed by atoms with E-state index in [1.165, 1.54) is 18.7 Å². The molecule has 0 bridgehead atoms. The van der Waals surface area contributed by atoms with E-state index in [1.807, 2.05) is 20.8 Å². The van der Waals surface area contributed by atoms with Crippen molar-refractivity contribution in [3.8, 4) is 0 Å². The van der Waals surface area contributed by atoms with E-state index in [0.717, 1.165) is 0 Å². The molecule has 0 saturated heterocycles. The predicted molar refractivity (Wildman–Crippen MR) is 53.4 cm³/mol. The van der Waals surface area contributed by atoms with Crippen LogP contribution in [0, 0.1) is 0 Å². The number of hydrogen-bond donors (Lipinski definition) is 1. The van der Waals surface area contributed by atoms with Crippen molar-refractivity contribution in [3.63, 3.8) is 0 Å². The Morgan fingerprint density at radius 1 is 1.25 bits per heavy atom. The summed E-state index contributed by atoms with van der Waals surface area (Å²) in [5.41, 5.74) is 0.440. The summed E-state index contributed by atoms with van der Waals surface area (Å²) in [6.07, 6.45) is 0. The third-order valence-electron chi connectivity index (χ3n) is 1.25. The zero-order valence-corrected chi connectivity index (χ0v) is 9.08. The molecule has 0 spiro atoms. The van der Waals surface area contributed by atoms with Crippen molar-refractivity contribution < 1.29 is 9.90 Å². The lowest BCUT2D eigenvalue weighted by Crippen LogP contribution is -2.12. The predicted octanol–water partition coefficient (Wildman–Crippen LogP) is 2.90. The SMILES string of the molecule is C/C(O)=C(\C)C(=O)SC(C)(C)C. The van der Waals surface area contributed by atoms with E-state index in [1.54, 1.807) is 6.92 Å². The molecule has 3 heteroatoms. The smallest absolute Gasteiger partial charge is 0.218 e. The van der Waals surface area contributed by atoms with Crippen molar-refractivity contribution in [2.75, 3.05) is 0 Å². The number of carbonyl (C=O) groups is 1. The van der Waals surface area contributed by atoms with Crippen molar-refractivity contribution in [3.05, 3.63) is 11.3 Å². The summed E-state index contributed by atoms with van der Waals surface area (Å²) >= 11 is 1.24. The van der Waals surface area contributed by atoms with Gasteiger partial charge in [0.25, 0.3) is 0 Å². The monoisotopic (exact) mass is 188 g/mol. The van der Waals surface area contributed by atoms with Gasteiger partial charge in [0.1, 0.15) is 0 Å². The van der Waals surface area contributed by atoms with Crippen LogP contribution in [0.2, 0.25) is 0 Å². The van der Waals surface area contributed by atoms with Crippen LogP contribution >= 0.6 is 11.8 Å². The first-order valence-electron chi connectivity index (χ1n) is 3.84. The molecule has 0 aromatic carbocycles. The van der Waals surface area contributed by atoms with Gasteiger partial charge >= 0.3 is 0 Å². The third kappa shape index (κ3) is 4.44. The van der Waals surface area contributed by atoms with Gasteiger partial charge in [-0.2, -0.15) is 0 Å². The number of hydrogen-bond acceptors (Lipinski definition) is 3. The van der Waals surface area contributed by atoms with Crippen molar-refractivity contribution >= 4 is 16.9 Å². The van der Waals surface area contributed by atoms with E-state index in [-0.39, 0.29) is 15.6 Å². The summed E-state index contributed by atoms with van der Waals surface area (Å²) in [6, 6.07) is 0. The molecule has 0 saturated carbocycles. The van der Waals surface area contributed by atoms with E-state index in [9.17, 15) is 4.79 Å². The lowest BCUT2D eigenvalue weighted by atomic mass is 10.3. The second-order valence-corrected chi connectivity index (χ2v) is 5.51. The van der Waals surface area contributed by atoms with Gasteiger partial charge in [-0.3, -0.25) is 4.79 Å². The van der Waals surface area contributed by atoms with E-state index in [2.05, 4.69) is 0 Å². The zero-order chi connectivity index (χ0) is 9.94. The second kappa shape index (κ2) is 3.99. The Kier molecular flexibility index (Phi) is 3.84. The highest BCUT2D eigenvalue weighted by atomic mass is 32.2. The fourth-order valence-corrected chi connectivity index (χ4v) is 1.36. The van der Waals surface area contributed by atoms with Crippen molar-refractivity contribution in [2.24, 2.45) is 0 Å². The molecule has 0 aromatic rings. The van der Waals surface area contributed by atoms with Crippen LogP contribution in [0.5, 0.6) is 0 Å². The van der Waals surface area contributed by atoms with Crippen molar-refractivity contribution in [1.82, 2.24) is 0 Å². The van der Waals surface area contributed by atoms with Gasteiger partial charge in [-0.05, 0) is 13.8 Å². The molecule has 12 heavy (non-hydrogen) atoms. The average molecular weight is 188 g/mol. The first-order chi connectivity index (χ1) is 5.24. The van der Waals surface area contributed by atoms with Crippen molar-refractivity contribution in [2.45, 2.75) is 39.4 Å². The maximum atomic E-state index is 11.3. The Morgan fingerprint density at radius 3 is 1.92 bits per heavy atom. The Labute approximate surface area is 78.0 Å². The fraction of sp³-hybridized carbons (Fsp3) is 0.667. The van der Waals surface area contributed by atoms with Crippen LogP contribution in [0.3, 0.4) is 0 Å². The minimum Gasteiger partial charge on any atom is -0.512 e. The molecule has 2 nitrogen and oxygen atoms in total. The largest absolute Gasteiger partial charge is 0.512 e. The molecule has 0 aliphatic rings. The van der Waals surface area contributed by atoms with Gasteiger partial charge in [-0.25, -0.2) is 0 Å². The van der Waals surface area contributed by atoms with Gasteiger partial charge in [0.2, 0.25) is 5.12 Å². The summed E-state index contributed by atoms with van der Waals surface area (Å²) < 4.78 is -0.0895. The molecule has 70 valence electrons. The van der Waals surface area contributed by atoms with Crippen LogP contribution in [0.4, 0.5) is 0 Å². The maximum Gasteiger partial charge on any atom is 0.218 e. The van der Waals surface area contributed by atoms with Gasteiger partial charge in [0.05, 0.1) is 5.76 Å². The van der Waals surface area contributed by atoms with Crippen molar-refractivity contribution in [1.29, 1.82) is 0 Å². The minimum absolute atomic E-state index is 0.0532. The molecule has 0 heterocycles. The summed E-state index contributed by atoms with van der Waals surface area (Å²) in [5.74, 6) is 0.108. The normalized spacial score (nSPS) is 14.1. The minimum atomic E-state index is -0.0895. The Bertz CT molecular complexity index is 207. The average Bonchev–Trinajstić information content (AvgIpc) is 1.82. The first kappa shape index (κ1) is 11.6. The van der Waals surface area contributed by atoms with Gasteiger partial charge in [0, 0.05) is 10.3 Å². The van der Waals surface area contributed by atoms with Gasteiger partial charge in [-0.1, -0.05) is 32.5 Å². The molecule has 0 aliphatic carbocycles. The van der Waals surface area contributed by atoms with Crippen LogP contribution in [0.15, 0.2) is 11.3 Å². The molecule has 0 radical (unpaired) electrons. The number of carbonyl (C=O) groups excluding carboxylic acids is 1. The Hall–Kier alpha value is -0.440. The number of aliphatic hydroxyl groups is 1. The number of aliphatic hydroxyl groups excluding tert-OH is 1. The highest BCUT2D eigenvalue weighted by molar-refractivity contribution is 8.15. The lowest BCUT2D eigenvalue weighted by Gasteiger charge is -2.16. The Morgan fingerprint density at radius 2 is 1.67 bits per heavy atom. The standard InChI is InChI=1S/C9H16O2S/c1-6(7(2)10)8(11)12-9(3,4)5/h10H,1-5H3/b7-6-. The quantitative estimate of drug-likeness (QED) is 0.508. The first-order valence-corrected chi connectivity index (χ1v) is 4.65. The van der Waals surface area contributed by atoms with Crippen LogP contribution < -0.4 is 0 Å². The molecule has 0 fully saturated rings. The summed E-state index contributed by atoms with van der Waals surface area (Å²) in [7, 11) is 0. The van der Waals surface area contributed by atoms with Gasteiger partial charge < -0.3 is 5.11 Å². The molecule has 0 atom stereocenters. The van der Waals surface area contributed by atoms with Gasteiger partial charge in [0.15, 0.2) is 0 Å². The molecular formula is C9H16O2S. The summed E-state index contributed by atoms with van der Waals surface area (Å²) in [6.45, 7) is 9.06. The molecule has 0 aliphatic heterocycles. The van der Waals surface area contributed by atoms with Crippen LogP contribution in [0.25, 0.3) is 0 Å². The molecular weight excluding hydrogens is 172 g/mol. The lowest BCUT2D eigenvalue weighted by molar-refractivity contribution is -0.108. The van der Waals surface area contributed by atoms with Crippen LogP contribution in [-0.2, 0) is 4.79 Å². The molecule has 0 amide bonds. The maximum absolute atomic E-state index is 11.3. The van der Waals surface area contributed by atoms with Gasteiger partial charge in [-0.15, -0.1) is 0 Å². The highest BCUT2D eigenvalue weighted by Gasteiger charge is 2.18. The van der Waals surface area contributed by atoms with E-state index in [0.29, 0.717) is 5.57 Å². The summed E-state index contributed by atoms with van der Waals surface area (Å²) in [4.78, 5) is 11.3. The molecule has 0 aromatic heterocycles. The summed E-state index contributed by atoms with van der Waals surface area (Å²) in [5, 5.41) is 8.98.